The molecule has 3 rings (SSSR count). The molecule has 0 aliphatic carbocycles. The molecular weight excluding hydrogens is 419 g/mol. The van der Waals surface area contributed by atoms with Gasteiger partial charge < -0.3 is 10.1 Å². The number of nitrogens with one attached hydrogen (secondary N) is 1. The molecule has 0 saturated heterocycles. The van der Waals surface area contributed by atoms with Crippen LogP contribution in [0.3, 0.4) is 0 Å². The number of benzene rings is 2. The van der Waals surface area contributed by atoms with E-state index in [-0.39, 0.29) is 23.1 Å². The van der Waals surface area contributed by atoms with Crippen molar-refractivity contribution in [3.8, 4) is 34.2 Å². The van der Waals surface area contributed by atoms with Crippen LogP contribution in [-0.2, 0) is 0 Å². The maximum Gasteiger partial charge on any atom is 0.266 e. The predicted octanol–water partition coefficient (Wildman–Crippen LogP) is 6.84. The standard InChI is InChI=1S/C24H22Cl2N2O2/c1-12(2)14-7-16(13(3)4)23(29)19(8-14)22-10-17(20(11-27)24(30)28-22)18-9-15(25)5-6-21(18)26/h5-10,12-13,29H,1-4H3,(H,28,30). The Labute approximate surface area is 185 Å². The van der Waals surface area contributed by atoms with Gasteiger partial charge in [-0.15, -0.1) is 0 Å². The summed E-state index contributed by atoms with van der Waals surface area (Å²) in [5.74, 6) is 0.432. The van der Waals surface area contributed by atoms with Crippen LogP contribution in [0.4, 0.5) is 0 Å². The third kappa shape index (κ3) is 4.09. The van der Waals surface area contributed by atoms with Crippen LogP contribution in [-0.4, -0.2) is 10.1 Å². The SMILES string of the molecule is CC(C)c1cc(-c2cc(-c3cc(Cl)ccc3Cl)c(C#N)c(=O)[nH]2)c(O)c(C(C)C)c1. The summed E-state index contributed by atoms with van der Waals surface area (Å²) < 4.78 is 0. The minimum atomic E-state index is -0.554. The Morgan fingerprint density at radius 2 is 1.67 bits per heavy atom. The summed E-state index contributed by atoms with van der Waals surface area (Å²) in [5, 5.41) is 21.3. The number of phenolic OH excluding ortho intramolecular Hbond substituents is 1. The zero-order valence-corrected chi connectivity index (χ0v) is 18.7. The van der Waals surface area contributed by atoms with Gasteiger partial charge in [0.25, 0.3) is 5.56 Å². The molecular formula is C24H22Cl2N2O2. The Hall–Kier alpha value is -2.74. The van der Waals surface area contributed by atoms with Gasteiger partial charge in [-0.05, 0) is 53.3 Å². The maximum atomic E-state index is 12.7. The van der Waals surface area contributed by atoms with Crippen molar-refractivity contribution in [1.29, 1.82) is 5.26 Å². The minimum Gasteiger partial charge on any atom is -0.507 e. The Bertz CT molecular complexity index is 1220. The summed E-state index contributed by atoms with van der Waals surface area (Å²) in [6.45, 7) is 8.14. The van der Waals surface area contributed by atoms with Crippen molar-refractivity contribution in [2.45, 2.75) is 39.5 Å². The molecule has 1 heterocycles. The highest BCUT2D eigenvalue weighted by atomic mass is 35.5. The highest BCUT2D eigenvalue weighted by Crippen LogP contribution is 2.40. The number of pyridine rings is 1. The van der Waals surface area contributed by atoms with Crippen molar-refractivity contribution in [2.75, 3.05) is 0 Å². The summed E-state index contributed by atoms with van der Waals surface area (Å²) in [5.41, 5.74) is 2.98. The third-order valence-electron chi connectivity index (χ3n) is 5.10. The number of hydrogen-bond donors (Lipinski definition) is 2. The molecule has 6 heteroatoms. The van der Waals surface area contributed by atoms with E-state index >= 15 is 0 Å². The summed E-state index contributed by atoms with van der Waals surface area (Å²) in [6, 6.07) is 12.4. The first kappa shape index (κ1) is 22.0. The summed E-state index contributed by atoms with van der Waals surface area (Å²) in [6.07, 6.45) is 0. The molecule has 30 heavy (non-hydrogen) atoms. The van der Waals surface area contributed by atoms with Gasteiger partial charge in [-0.2, -0.15) is 5.26 Å². The van der Waals surface area contributed by atoms with E-state index in [9.17, 15) is 15.2 Å². The van der Waals surface area contributed by atoms with Gasteiger partial charge in [0.1, 0.15) is 17.4 Å². The van der Waals surface area contributed by atoms with E-state index in [0.29, 0.717) is 32.4 Å². The summed E-state index contributed by atoms with van der Waals surface area (Å²) in [4.78, 5) is 15.5. The Morgan fingerprint density at radius 1 is 0.967 bits per heavy atom. The van der Waals surface area contributed by atoms with E-state index in [1.54, 1.807) is 24.3 Å². The molecule has 0 spiro atoms. The van der Waals surface area contributed by atoms with Crippen LogP contribution in [0, 0.1) is 11.3 Å². The topological polar surface area (TPSA) is 76.9 Å². The van der Waals surface area contributed by atoms with Crippen LogP contribution in [0.2, 0.25) is 10.0 Å². The molecule has 0 aliphatic rings. The molecule has 0 aliphatic heterocycles. The number of H-pyrrole nitrogens is 1. The zero-order chi connectivity index (χ0) is 22.2. The first-order valence-corrected chi connectivity index (χ1v) is 10.4. The number of aromatic amines is 1. The summed E-state index contributed by atoms with van der Waals surface area (Å²) in [7, 11) is 0. The van der Waals surface area contributed by atoms with Crippen LogP contribution in [0.1, 0.15) is 56.2 Å². The monoisotopic (exact) mass is 440 g/mol. The van der Waals surface area contributed by atoms with Crippen LogP contribution in [0.15, 0.2) is 41.2 Å². The fourth-order valence-corrected chi connectivity index (χ4v) is 3.78. The molecule has 0 unspecified atom stereocenters. The maximum absolute atomic E-state index is 12.7. The normalized spacial score (nSPS) is 11.2. The average Bonchev–Trinajstić information content (AvgIpc) is 2.69. The van der Waals surface area contributed by atoms with Gasteiger partial charge in [-0.25, -0.2) is 0 Å². The van der Waals surface area contributed by atoms with E-state index < -0.39 is 5.56 Å². The van der Waals surface area contributed by atoms with Gasteiger partial charge in [0.15, 0.2) is 0 Å². The lowest BCUT2D eigenvalue weighted by molar-refractivity contribution is 0.466. The highest BCUT2D eigenvalue weighted by Gasteiger charge is 2.20. The zero-order valence-electron chi connectivity index (χ0n) is 17.2. The number of aromatic nitrogens is 1. The van der Waals surface area contributed by atoms with Crippen LogP contribution >= 0.6 is 23.2 Å². The van der Waals surface area contributed by atoms with E-state index in [4.69, 9.17) is 23.2 Å². The van der Waals surface area contributed by atoms with Crippen LogP contribution in [0.5, 0.6) is 5.75 Å². The van der Waals surface area contributed by atoms with E-state index in [2.05, 4.69) is 18.8 Å². The molecule has 154 valence electrons. The highest BCUT2D eigenvalue weighted by molar-refractivity contribution is 6.35. The first-order valence-electron chi connectivity index (χ1n) is 9.64. The van der Waals surface area contributed by atoms with Crippen LogP contribution in [0.25, 0.3) is 22.4 Å². The first-order chi connectivity index (χ1) is 14.1. The molecule has 0 radical (unpaired) electrons. The van der Waals surface area contributed by atoms with Gasteiger partial charge in [-0.1, -0.05) is 57.0 Å². The quantitative estimate of drug-likeness (QED) is 0.465. The molecule has 1 aromatic heterocycles. The van der Waals surface area contributed by atoms with Gasteiger partial charge in [-0.3, -0.25) is 4.79 Å². The molecule has 0 bridgehead atoms. The largest absolute Gasteiger partial charge is 0.507 e. The van der Waals surface area contributed by atoms with Crippen molar-refractivity contribution >= 4 is 23.2 Å². The number of phenols is 1. The molecule has 0 atom stereocenters. The predicted molar refractivity (Wildman–Crippen MR) is 123 cm³/mol. The second kappa shape index (κ2) is 8.55. The Kier molecular flexibility index (Phi) is 6.26. The lowest BCUT2D eigenvalue weighted by Gasteiger charge is -2.18. The molecule has 2 N–H and O–H groups in total. The molecule has 0 amide bonds. The van der Waals surface area contributed by atoms with E-state index in [0.717, 1.165) is 11.1 Å². The fourth-order valence-electron chi connectivity index (χ4n) is 3.39. The number of hydrogen-bond acceptors (Lipinski definition) is 3. The number of nitriles is 1. The Balaban J connectivity index is 2.37. The third-order valence-corrected chi connectivity index (χ3v) is 5.67. The fraction of sp³-hybridized carbons (Fsp3) is 0.250. The minimum absolute atomic E-state index is 0.0634. The number of rotatable bonds is 4. The van der Waals surface area contributed by atoms with E-state index in [1.165, 1.54) is 0 Å². The van der Waals surface area contributed by atoms with Crippen LogP contribution < -0.4 is 5.56 Å². The number of nitrogens with zero attached hydrogens (tertiary/aromatic N) is 1. The smallest absolute Gasteiger partial charge is 0.266 e. The number of aromatic hydroxyl groups is 1. The number of halogens is 2. The van der Waals surface area contributed by atoms with E-state index in [1.807, 2.05) is 32.0 Å². The molecule has 2 aromatic carbocycles. The lowest BCUT2D eigenvalue weighted by Crippen LogP contribution is -2.13. The van der Waals surface area contributed by atoms with Crippen molar-refractivity contribution in [3.63, 3.8) is 0 Å². The van der Waals surface area contributed by atoms with Gasteiger partial charge in [0.2, 0.25) is 0 Å². The lowest BCUT2D eigenvalue weighted by atomic mass is 9.90. The molecule has 0 fully saturated rings. The second-order valence-electron chi connectivity index (χ2n) is 7.85. The molecule has 0 saturated carbocycles. The van der Waals surface area contributed by atoms with Gasteiger partial charge in [0.05, 0.1) is 5.69 Å². The Morgan fingerprint density at radius 3 is 2.27 bits per heavy atom. The van der Waals surface area contributed by atoms with Crippen molar-refractivity contribution in [1.82, 2.24) is 4.98 Å². The summed E-state index contributed by atoms with van der Waals surface area (Å²) >= 11 is 12.5. The van der Waals surface area contributed by atoms with Crippen molar-refractivity contribution in [2.24, 2.45) is 0 Å². The average molecular weight is 441 g/mol. The molecule has 4 nitrogen and oxygen atoms in total. The van der Waals surface area contributed by atoms with Gasteiger partial charge >= 0.3 is 0 Å². The van der Waals surface area contributed by atoms with Crippen molar-refractivity contribution in [3.05, 3.63) is 73.5 Å². The van der Waals surface area contributed by atoms with Gasteiger partial charge in [0, 0.05) is 26.7 Å². The molecule has 3 aromatic rings. The second-order valence-corrected chi connectivity index (χ2v) is 8.70. The van der Waals surface area contributed by atoms with Crippen molar-refractivity contribution < 1.29 is 5.11 Å².